The molecule has 1 fully saturated rings. The van der Waals surface area contributed by atoms with E-state index in [1.165, 1.54) is 0 Å². The Morgan fingerprint density at radius 1 is 1.30 bits per heavy atom. The molecule has 0 aliphatic carbocycles. The topological polar surface area (TPSA) is 29.1 Å². The van der Waals surface area contributed by atoms with E-state index in [9.17, 15) is 4.79 Å². The summed E-state index contributed by atoms with van der Waals surface area (Å²) in [5, 5.41) is 3.19. The first-order valence-electron chi connectivity index (χ1n) is 3.66. The first-order chi connectivity index (χ1) is 4.36. The van der Waals surface area contributed by atoms with E-state index < -0.39 is 0 Å². The maximum absolute atomic E-state index is 11.5. The highest BCUT2D eigenvalue weighted by Crippen LogP contribution is 2.29. The molecule has 1 saturated heterocycles. The van der Waals surface area contributed by atoms with E-state index in [1.807, 2.05) is 27.7 Å². The molecule has 10 heavy (non-hydrogen) atoms. The van der Waals surface area contributed by atoms with Crippen molar-refractivity contribution in [3.63, 3.8) is 0 Å². The quantitative estimate of drug-likeness (QED) is 0.544. The minimum Gasteiger partial charge on any atom is -0.304 e. The first-order valence-corrected chi connectivity index (χ1v) is 3.66. The Bertz CT molecular complexity index is 152. The number of hydrogen-bond acceptors (Lipinski definition) is 2. The lowest BCUT2D eigenvalue weighted by Gasteiger charge is -2.18. The summed E-state index contributed by atoms with van der Waals surface area (Å²) in [6.07, 6.45) is 0. The second kappa shape index (κ2) is 1.82. The first kappa shape index (κ1) is 7.73. The third kappa shape index (κ3) is 0.966. The van der Waals surface area contributed by atoms with E-state index in [4.69, 9.17) is 0 Å². The Labute approximate surface area is 62.0 Å². The maximum Gasteiger partial charge on any atom is 0.159 e. The van der Waals surface area contributed by atoms with Gasteiger partial charge in [-0.05, 0) is 13.8 Å². The van der Waals surface area contributed by atoms with E-state index in [0.717, 1.165) is 6.54 Å². The molecule has 0 atom stereocenters. The molecule has 0 spiro atoms. The van der Waals surface area contributed by atoms with Crippen molar-refractivity contribution in [2.24, 2.45) is 5.41 Å². The van der Waals surface area contributed by atoms with E-state index in [-0.39, 0.29) is 11.0 Å². The predicted molar refractivity (Wildman–Crippen MR) is 40.9 cm³/mol. The monoisotopic (exact) mass is 141 g/mol. The fourth-order valence-electron chi connectivity index (χ4n) is 1.45. The molecule has 0 aromatic heterocycles. The lowest BCUT2D eigenvalue weighted by molar-refractivity contribution is -0.127. The van der Waals surface area contributed by atoms with Crippen LogP contribution < -0.4 is 5.32 Å². The van der Waals surface area contributed by atoms with Crippen LogP contribution in [0.3, 0.4) is 0 Å². The summed E-state index contributed by atoms with van der Waals surface area (Å²) < 4.78 is 0. The number of nitrogens with one attached hydrogen (secondary N) is 1. The van der Waals surface area contributed by atoms with Gasteiger partial charge in [-0.15, -0.1) is 0 Å². The normalized spacial score (nSPS) is 29.0. The van der Waals surface area contributed by atoms with Gasteiger partial charge in [-0.25, -0.2) is 0 Å². The molecule has 1 aliphatic rings. The zero-order valence-electron chi connectivity index (χ0n) is 7.12. The molecule has 1 aliphatic heterocycles. The van der Waals surface area contributed by atoms with E-state index in [2.05, 4.69) is 5.32 Å². The second-order valence-electron chi connectivity index (χ2n) is 4.19. The summed E-state index contributed by atoms with van der Waals surface area (Å²) in [7, 11) is 0. The minimum absolute atomic E-state index is 0.163. The summed E-state index contributed by atoms with van der Waals surface area (Å²) in [5.74, 6) is 0.319. The maximum atomic E-state index is 11.5. The summed E-state index contributed by atoms with van der Waals surface area (Å²) >= 11 is 0. The second-order valence-corrected chi connectivity index (χ2v) is 4.19. The van der Waals surface area contributed by atoms with Crippen LogP contribution in [0.1, 0.15) is 27.7 Å². The molecule has 2 nitrogen and oxygen atoms in total. The Balaban J connectivity index is 2.88. The Kier molecular flexibility index (Phi) is 1.40. The molecular weight excluding hydrogens is 126 g/mol. The molecule has 0 bridgehead atoms. The van der Waals surface area contributed by atoms with Crippen LogP contribution in [-0.4, -0.2) is 17.9 Å². The van der Waals surface area contributed by atoms with Crippen LogP contribution in [0.5, 0.6) is 0 Å². The van der Waals surface area contributed by atoms with Crippen LogP contribution in [0, 0.1) is 5.41 Å². The fourth-order valence-corrected chi connectivity index (χ4v) is 1.45. The number of carbonyl (C=O) groups is 1. The van der Waals surface area contributed by atoms with Crippen molar-refractivity contribution >= 4 is 5.78 Å². The summed E-state index contributed by atoms with van der Waals surface area (Å²) in [5.41, 5.74) is -0.465. The van der Waals surface area contributed by atoms with Crippen LogP contribution in [0.15, 0.2) is 0 Å². The van der Waals surface area contributed by atoms with E-state index >= 15 is 0 Å². The highest BCUT2D eigenvalue weighted by molar-refractivity contribution is 5.94. The van der Waals surface area contributed by atoms with Gasteiger partial charge >= 0.3 is 0 Å². The molecule has 0 radical (unpaired) electrons. The SMILES string of the molecule is CC1(C)CNC(C)(C)C1=O. The molecule has 1 N–H and O–H groups in total. The standard InChI is InChI=1S/C8H15NO/c1-7(2)5-9-8(3,4)6(7)10/h9H,5H2,1-4H3. The Morgan fingerprint density at radius 3 is 1.90 bits per heavy atom. The van der Waals surface area contributed by atoms with Gasteiger partial charge in [-0.1, -0.05) is 13.8 Å². The third-order valence-corrected chi connectivity index (χ3v) is 2.15. The summed E-state index contributed by atoms with van der Waals surface area (Å²) in [4.78, 5) is 11.5. The van der Waals surface area contributed by atoms with E-state index in [1.54, 1.807) is 0 Å². The summed E-state index contributed by atoms with van der Waals surface area (Å²) in [6.45, 7) is 8.64. The predicted octanol–water partition coefficient (Wildman–Crippen LogP) is 0.963. The van der Waals surface area contributed by atoms with Crippen LogP contribution in [-0.2, 0) is 4.79 Å². The van der Waals surface area contributed by atoms with Crippen LogP contribution in [0.2, 0.25) is 0 Å². The lowest BCUT2D eigenvalue weighted by atomic mass is 9.84. The number of Topliss-reactive ketones (excluding diaryl/α,β-unsaturated/α-hetero) is 1. The molecule has 0 aromatic carbocycles. The van der Waals surface area contributed by atoms with Crippen LogP contribution in [0.4, 0.5) is 0 Å². The molecule has 1 heterocycles. The van der Waals surface area contributed by atoms with Gasteiger partial charge in [0.15, 0.2) is 5.78 Å². The van der Waals surface area contributed by atoms with Crippen LogP contribution >= 0.6 is 0 Å². The number of rotatable bonds is 0. The summed E-state index contributed by atoms with van der Waals surface area (Å²) in [6, 6.07) is 0. The average Bonchev–Trinajstić information content (AvgIpc) is 1.95. The zero-order chi connectivity index (χ0) is 7.99. The van der Waals surface area contributed by atoms with Gasteiger partial charge in [0.1, 0.15) is 0 Å². The van der Waals surface area contributed by atoms with Gasteiger partial charge in [-0.3, -0.25) is 4.79 Å². The lowest BCUT2D eigenvalue weighted by Crippen LogP contribution is -2.39. The molecule has 0 unspecified atom stereocenters. The third-order valence-electron chi connectivity index (χ3n) is 2.15. The fraction of sp³-hybridized carbons (Fsp3) is 0.875. The van der Waals surface area contributed by atoms with Crippen molar-refractivity contribution < 1.29 is 4.79 Å². The van der Waals surface area contributed by atoms with Crippen molar-refractivity contribution in [1.29, 1.82) is 0 Å². The molecule has 0 amide bonds. The van der Waals surface area contributed by atoms with Crippen molar-refractivity contribution in [2.45, 2.75) is 33.2 Å². The van der Waals surface area contributed by atoms with Gasteiger partial charge < -0.3 is 5.32 Å². The highest BCUT2D eigenvalue weighted by Gasteiger charge is 2.45. The molecule has 1 rings (SSSR count). The van der Waals surface area contributed by atoms with Crippen molar-refractivity contribution in [2.75, 3.05) is 6.54 Å². The molecule has 58 valence electrons. The van der Waals surface area contributed by atoms with Crippen LogP contribution in [0.25, 0.3) is 0 Å². The van der Waals surface area contributed by atoms with Gasteiger partial charge in [0.05, 0.1) is 5.54 Å². The largest absolute Gasteiger partial charge is 0.304 e. The van der Waals surface area contributed by atoms with Gasteiger partial charge in [0.2, 0.25) is 0 Å². The number of hydrogen-bond donors (Lipinski definition) is 1. The average molecular weight is 141 g/mol. The smallest absolute Gasteiger partial charge is 0.159 e. The van der Waals surface area contributed by atoms with Crippen molar-refractivity contribution in [3.8, 4) is 0 Å². The highest BCUT2D eigenvalue weighted by atomic mass is 16.1. The Hall–Kier alpha value is -0.370. The number of ketones is 1. The van der Waals surface area contributed by atoms with Gasteiger partial charge in [0.25, 0.3) is 0 Å². The molecule has 0 saturated carbocycles. The van der Waals surface area contributed by atoms with Gasteiger partial charge in [-0.2, -0.15) is 0 Å². The van der Waals surface area contributed by atoms with Crippen molar-refractivity contribution in [1.82, 2.24) is 5.32 Å². The van der Waals surface area contributed by atoms with E-state index in [0.29, 0.717) is 5.78 Å². The van der Waals surface area contributed by atoms with Crippen molar-refractivity contribution in [3.05, 3.63) is 0 Å². The van der Waals surface area contributed by atoms with Gasteiger partial charge in [0, 0.05) is 12.0 Å². The molecule has 0 aromatic rings. The Morgan fingerprint density at radius 2 is 1.80 bits per heavy atom. The molecular formula is C8H15NO. The minimum atomic E-state index is -0.302. The molecule has 2 heteroatoms. The number of carbonyl (C=O) groups excluding carboxylic acids is 1. The zero-order valence-corrected chi connectivity index (χ0v) is 7.12.